The Kier molecular flexibility index (Phi) is 22.3. The van der Waals surface area contributed by atoms with Crippen molar-refractivity contribution in [1.29, 1.82) is 0 Å². The van der Waals surface area contributed by atoms with Gasteiger partial charge in [0.15, 0.2) is 22.8 Å². The number of hydrogen-bond acceptors (Lipinski definition) is 19. The number of nitrogens with one attached hydrogen (secondary N) is 2. The van der Waals surface area contributed by atoms with Gasteiger partial charge in [0.25, 0.3) is 0 Å². The summed E-state index contributed by atoms with van der Waals surface area (Å²) in [7, 11) is -16.4. The molecule has 2 aromatic heterocycles. The molecule has 0 spiro atoms. The molecule has 2 unspecified atom stereocenters. The number of thioether (sulfide) groups is 1. The van der Waals surface area contributed by atoms with Crippen molar-refractivity contribution in [2.75, 3.05) is 37.8 Å². The molecule has 7 atom stereocenters. The number of aliphatic hydroxyl groups excluding tert-OH is 2. The molecule has 2 amide bonds. The van der Waals surface area contributed by atoms with Crippen LogP contribution in [0.1, 0.15) is 91.2 Å². The van der Waals surface area contributed by atoms with Crippen molar-refractivity contribution in [2.45, 2.75) is 116 Å². The first-order valence-electron chi connectivity index (χ1n) is 20.2. The number of carbonyl (C=O) groups excluding carboxylic acids is 4. The average Bonchev–Trinajstić information content (AvgIpc) is 3.76. The normalized spacial score (nSPS) is 20.5. The number of phosphoric ester groups is 3. The molecular weight excluding hydrogens is 931 g/mol. The monoisotopic (exact) mass is 989 g/mol. The highest BCUT2D eigenvalue weighted by atomic mass is 32.2. The van der Waals surface area contributed by atoms with Gasteiger partial charge in [-0.2, -0.15) is 4.31 Å². The van der Waals surface area contributed by atoms with Crippen molar-refractivity contribution in [1.82, 2.24) is 30.2 Å². The van der Waals surface area contributed by atoms with Crippen molar-refractivity contribution in [3.63, 3.8) is 0 Å². The minimum Gasteiger partial charge on any atom is -0.386 e. The van der Waals surface area contributed by atoms with E-state index in [1.165, 1.54) is 33.1 Å². The number of unbranched alkanes of at least 4 members (excludes halogenated alkanes) is 5. The van der Waals surface area contributed by atoms with E-state index in [0.717, 1.165) is 48.2 Å². The summed E-state index contributed by atoms with van der Waals surface area (Å²) in [6, 6.07) is 0. The Morgan fingerprint density at radius 1 is 0.969 bits per heavy atom. The van der Waals surface area contributed by atoms with Crippen LogP contribution in [0, 0.1) is 5.41 Å². The summed E-state index contributed by atoms with van der Waals surface area (Å²) >= 11 is 0.923. The van der Waals surface area contributed by atoms with Gasteiger partial charge in [-0.05, 0) is 32.1 Å². The van der Waals surface area contributed by atoms with Gasteiger partial charge in [-0.25, -0.2) is 28.6 Å². The molecule has 0 aromatic carbocycles. The summed E-state index contributed by atoms with van der Waals surface area (Å²) < 4.78 is 62.3. The third-order valence-electron chi connectivity index (χ3n) is 9.32. The number of aliphatic hydroxyl groups is 2. The van der Waals surface area contributed by atoms with Gasteiger partial charge < -0.3 is 50.9 Å². The van der Waals surface area contributed by atoms with E-state index in [4.69, 9.17) is 19.5 Å². The smallest absolute Gasteiger partial charge is 0.386 e. The standard InChI is InChI=1S/C35H58N7O18P3S/c1-4-5-6-7-8-9-10-11-12-13-23(43)18-26(45)64-17-16-37-25(44)14-15-38-33(48)30(47)35(2,3)20-57-63(54,55)60-62(52,53)56-19-24-29(59-61(49,50)51)28(46)34(58-24)42-22-41-27-31(36)39-21-40-32(27)42/h8-9,21-22,24,28-30,34,46-47H,4-7,10-20H2,1-3H3,(H,37,44)(H,38,48)(H,52,53)(H,54,55)(H2,36,39,40)(H2,49,50,51)/b9-8-/t24-,28-,29-,30+,34-/m1/s1. The lowest BCUT2D eigenvalue weighted by Crippen LogP contribution is -2.46. The molecular formula is C35H58N7O18P3S. The molecule has 1 fully saturated rings. The number of fused-ring (bicyclic) bond motifs is 1. The molecule has 25 nitrogen and oxygen atoms in total. The quantitative estimate of drug-likeness (QED) is 0.0235. The summed E-state index contributed by atoms with van der Waals surface area (Å²) in [6.45, 7) is 2.47. The molecule has 3 heterocycles. The van der Waals surface area contributed by atoms with E-state index in [0.29, 0.717) is 12.8 Å². The van der Waals surface area contributed by atoms with E-state index in [-0.39, 0.29) is 59.6 Å². The van der Waals surface area contributed by atoms with Crippen LogP contribution in [-0.2, 0) is 55.5 Å². The van der Waals surface area contributed by atoms with E-state index in [1.807, 2.05) is 0 Å². The Morgan fingerprint density at radius 3 is 2.31 bits per heavy atom. The number of ketones is 1. The number of anilines is 1. The highest BCUT2D eigenvalue weighted by Crippen LogP contribution is 2.61. The third-order valence-corrected chi connectivity index (χ3v) is 13.3. The van der Waals surface area contributed by atoms with Gasteiger partial charge in [0.1, 0.15) is 42.0 Å². The Balaban J connectivity index is 1.37. The predicted octanol–water partition coefficient (Wildman–Crippen LogP) is 2.32. The topological polar surface area (TPSA) is 381 Å². The molecule has 1 aliphatic heterocycles. The first kappa shape index (κ1) is 55.3. The molecule has 0 radical (unpaired) electrons. The lowest BCUT2D eigenvalue weighted by atomic mass is 9.87. The van der Waals surface area contributed by atoms with Crippen molar-refractivity contribution < 1.29 is 85.3 Å². The Morgan fingerprint density at radius 2 is 1.64 bits per heavy atom. The zero-order valence-corrected chi connectivity index (χ0v) is 39.0. The van der Waals surface area contributed by atoms with Crippen LogP contribution in [0.25, 0.3) is 11.2 Å². The Bertz CT molecular complexity index is 2060. The van der Waals surface area contributed by atoms with Crippen LogP contribution in [0.2, 0.25) is 0 Å². The summed E-state index contributed by atoms with van der Waals surface area (Å²) in [4.78, 5) is 100. The van der Waals surface area contributed by atoms with E-state index in [2.05, 4.69) is 53.5 Å². The van der Waals surface area contributed by atoms with Gasteiger partial charge in [0.2, 0.25) is 11.8 Å². The van der Waals surface area contributed by atoms with E-state index < -0.39 is 84.6 Å². The van der Waals surface area contributed by atoms with Crippen LogP contribution in [0.4, 0.5) is 5.82 Å². The minimum absolute atomic E-state index is 0.0249. The lowest BCUT2D eigenvalue weighted by Gasteiger charge is -2.30. The van der Waals surface area contributed by atoms with E-state index in [9.17, 15) is 62.7 Å². The molecule has 1 aliphatic rings. The number of aromatic nitrogens is 4. The molecule has 0 aliphatic carbocycles. The Hall–Kier alpha value is -3.03. The molecule has 10 N–H and O–H groups in total. The van der Waals surface area contributed by atoms with Gasteiger partial charge in [0, 0.05) is 37.1 Å². The van der Waals surface area contributed by atoms with Crippen LogP contribution in [0.3, 0.4) is 0 Å². The summed E-state index contributed by atoms with van der Waals surface area (Å²) in [5.74, 6) is -1.44. The van der Waals surface area contributed by atoms with Gasteiger partial charge in [-0.3, -0.25) is 37.3 Å². The molecule has 0 bridgehead atoms. The van der Waals surface area contributed by atoms with Gasteiger partial charge >= 0.3 is 23.5 Å². The maximum absolute atomic E-state index is 12.7. The number of nitrogen functional groups attached to an aromatic ring is 1. The maximum Gasteiger partial charge on any atom is 0.481 e. The van der Waals surface area contributed by atoms with Crippen molar-refractivity contribution in [3.8, 4) is 0 Å². The zero-order valence-electron chi connectivity index (χ0n) is 35.5. The van der Waals surface area contributed by atoms with Crippen LogP contribution in [0.15, 0.2) is 24.8 Å². The minimum atomic E-state index is -5.59. The van der Waals surface area contributed by atoms with Crippen LogP contribution in [-0.4, -0.2) is 128 Å². The molecule has 0 saturated carbocycles. The second-order valence-corrected chi connectivity index (χ2v) is 20.6. The molecule has 2 aromatic rings. The first-order valence-corrected chi connectivity index (χ1v) is 25.7. The van der Waals surface area contributed by atoms with E-state index in [1.54, 1.807) is 0 Å². The summed E-state index contributed by atoms with van der Waals surface area (Å²) in [5, 5.41) is 26.1. The second kappa shape index (κ2) is 25.8. The van der Waals surface area contributed by atoms with Crippen LogP contribution in [0.5, 0.6) is 0 Å². The number of phosphoric acid groups is 3. The average molecular weight is 990 g/mol. The van der Waals surface area contributed by atoms with E-state index >= 15 is 0 Å². The number of amides is 2. The molecule has 64 heavy (non-hydrogen) atoms. The molecule has 29 heteroatoms. The molecule has 3 rings (SSSR count). The van der Waals surface area contributed by atoms with Gasteiger partial charge in [-0.1, -0.05) is 57.5 Å². The third kappa shape index (κ3) is 19.1. The van der Waals surface area contributed by atoms with Gasteiger partial charge in [0.05, 0.1) is 26.0 Å². The summed E-state index contributed by atoms with van der Waals surface area (Å²) in [6.07, 6.45) is 4.49. The second-order valence-electron chi connectivity index (χ2n) is 15.2. The first-order chi connectivity index (χ1) is 29.9. The predicted molar refractivity (Wildman–Crippen MR) is 228 cm³/mol. The lowest BCUT2D eigenvalue weighted by molar-refractivity contribution is -0.137. The van der Waals surface area contributed by atoms with Crippen molar-refractivity contribution in [2.24, 2.45) is 5.41 Å². The number of imidazole rings is 1. The van der Waals surface area contributed by atoms with Crippen LogP contribution >= 0.6 is 35.2 Å². The van der Waals surface area contributed by atoms with Crippen LogP contribution < -0.4 is 16.4 Å². The van der Waals surface area contributed by atoms with Crippen molar-refractivity contribution in [3.05, 3.63) is 24.8 Å². The largest absolute Gasteiger partial charge is 0.481 e. The fourth-order valence-electron chi connectivity index (χ4n) is 5.93. The number of hydrogen-bond donors (Lipinski definition) is 9. The number of Topliss-reactive ketones (excluding diaryl/α,β-unsaturated/α-hetero) is 1. The Labute approximate surface area is 373 Å². The number of nitrogens with zero attached hydrogens (tertiary/aromatic N) is 4. The number of carbonyl (C=O) groups is 4. The maximum atomic E-state index is 12.7. The molecule has 1 saturated heterocycles. The highest BCUT2D eigenvalue weighted by molar-refractivity contribution is 8.13. The fourth-order valence-corrected chi connectivity index (χ4v) is 9.45. The van der Waals surface area contributed by atoms with Gasteiger partial charge in [-0.15, -0.1) is 0 Å². The molecule has 362 valence electrons. The number of nitrogens with two attached hydrogens (primary N) is 1. The highest BCUT2D eigenvalue weighted by Gasteiger charge is 2.50. The zero-order chi connectivity index (χ0) is 47.7. The fraction of sp³-hybridized carbons (Fsp3) is 0.686. The number of rotatable bonds is 30. The SMILES string of the molecule is CCCCC/C=C\CCCCC(=O)CC(=O)SCCNC(=O)CCNC(=O)[C@H](O)C(C)(C)COP(=O)(O)OP(=O)(O)OC[C@H]1O[C@@H](n2cnc3c(N)ncnc32)[C@H](O)[C@@H]1OP(=O)(O)O. The number of ether oxygens (including phenoxy) is 1. The van der Waals surface area contributed by atoms with Crippen molar-refractivity contribution >= 4 is 74.9 Å². The summed E-state index contributed by atoms with van der Waals surface area (Å²) in [5.41, 5.74) is 4.24. The number of allylic oxidation sites excluding steroid dienone is 2.